The number of carboxylic acids is 1. The Morgan fingerprint density at radius 2 is 2.00 bits per heavy atom. The van der Waals surface area contributed by atoms with Crippen LogP contribution in [0.15, 0.2) is 6.20 Å². The van der Waals surface area contributed by atoms with Crippen LogP contribution in [0, 0.1) is 0 Å². The highest BCUT2D eigenvalue weighted by molar-refractivity contribution is 7.08. The van der Waals surface area contributed by atoms with Crippen molar-refractivity contribution in [1.82, 2.24) is 14.2 Å². The highest BCUT2D eigenvalue weighted by atomic mass is 32.1. The standard InChI is InChI=1S/C10H13N3O3S/c1-12-2-4-13(5-3-12)9(14)8-7(10(15)16)6-11-17-8/h6H,2-5H2,1H3,(H,15,16). The van der Waals surface area contributed by atoms with Gasteiger partial charge in [-0.25, -0.2) is 4.79 Å². The summed E-state index contributed by atoms with van der Waals surface area (Å²) < 4.78 is 3.78. The molecule has 1 aromatic heterocycles. The molecule has 1 fully saturated rings. The highest BCUT2D eigenvalue weighted by Gasteiger charge is 2.26. The molecule has 0 unspecified atom stereocenters. The lowest BCUT2D eigenvalue weighted by molar-refractivity contribution is 0.0640. The monoisotopic (exact) mass is 255 g/mol. The second-order valence-corrected chi connectivity index (χ2v) is 4.77. The lowest BCUT2D eigenvalue weighted by Gasteiger charge is -2.32. The number of aromatic carboxylic acids is 1. The summed E-state index contributed by atoms with van der Waals surface area (Å²) in [7, 11) is 2.00. The number of carbonyl (C=O) groups excluding carboxylic acids is 1. The maximum atomic E-state index is 12.1. The van der Waals surface area contributed by atoms with Crippen LogP contribution in [0.4, 0.5) is 0 Å². The van der Waals surface area contributed by atoms with Crippen LogP contribution in [0.25, 0.3) is 0 Å². The Morgan fingerprint density at radius 3 is 2.59 bits per heavy atom. The van der Waals surface area contributed by atoms with Gasteiger partial charge in [0.2, 0.25) is 0 Å². The molecule has 1 aliphatic rings. The van der Waals surface area contributed by atoms with Gasteiger partial charge >= 0.3 is 5.97 Å². The maximum Gasteiger partial charge on any atom is 0.339 e. The Hall–Kier alpha value is -1.47. The van der Waals surface area contributed by atoms with Crippen LogP contribution in [0.1, 0.15) is 20.0 Å². The van der Waals surface area contributed by atoms with Gasteiger partial charge in [0, 0.05) is 26.2 Å². The van der Waals surface area contributed by atoms with Crippen LogP contribution in [0.2, 0.25) is 0 Å². The van der Waals surface area contributed by atoms with Crippen molar-refractivity contribution < 1.29 is 14.7 Å². The molecule has 0 spiro atoms. The van der Waals surface area contributed by atoms with Crippen molar-refractivity contribution in [3.8, 4) is 0 Å². The molecule has 0 aromatic carbocycles. The quantitative estimate of drug-likeness (QED) is 0.819. The molecule has 0 atom stereocenters. The van der Waals surface area contributed by atoms with Gasteiger partial charge in [-0.15, -0.1) is 0 Å². The predicted octanol–water partition coefficient (Wildman–Crippen LogP) is 0.229. The number of hydrogen-bond acceptors (Lipinski definition) is 5. The number of likely N-dealkylation sites (N-methyl/N-ethyl adjacent to an activating group) is 1. The molecule has 0 bridgehead atoms. The van der Waals surface area contributed by atoms with E-state index >= 15 is 0 Å². The first-order valence-corrected chi connectivity index (χ1v) is 6.02. The van der Waals surface area contributed by atoms with E-state index < -0.39 is 5.97 Å². The average molecular weight is 255 g/mol. The van der Waals surface area contributed by atoms with Gasteiger partial charge in [-0.2, -0.15) is 4.37 Å². The van der Waals surface area contributed by atoms with E-state index in [1.807, 2.05) is 7.05 Å². The largest absolute Gasteiger partial charge is 0.478 e. The molecule has 6 nitrogen and oxygen atoms in total. The summed E-state index contributed by atoms with van der Waals surface area (Å²) in [6, 6.07) is 0. The molecular weight excluding hydrogens is 242 g/mol. The topological polar surface area (TPSA) is 73.7 Å². The summed E-state index contributed by atoms with van der Waals surface area (Å²) >= 11 is 0.945. The molecule has 7 heteroatoms. The number of carboxylic acid groups (broad SMARTS) is 1. The van der Waals surface area contributed by atoms with E-state index in [1.54, 1.807) is 4.90 Å². The minimum atomic E-state index is -1.10. The number of nitrogens with zero attached hydrogens (tertiary/aromatic N) is 3. The SMILES string of the molecule is CN1CCN(C(=O)c2sncc2C(=O)O)CC1. The molecule has 17 heavy (non-hydrogen) atoms. The smallest absolute Gasteiger partial charge is 0.339 e. The van der Waals surface area contributed by atoms with Gasteiger partial charge in [-0.3, -0.25) is 4.79 Å². The van der Waals surface area contributed by atoms with Crippen molar-refractivity contribution in [2.45, 2.75) is 0 Å². The molecule has 2 rings (SSSR count). The molecule has 0 radical (unpaired) electrons. The van der Waals surface area contributed by atoms with E-state index in [-0.39, 0.29) is 16.3 Å². The van der Waals surface area contributed by atoms with Crippen molar-refractivity contribution in [3.63, 3.8) is 0 Å². The van der Waals surface area contributed by atoms with Gasteiger partial charge in [0.05, 0.1) is 6.20 Å². The Bertz CT molecular complexity index is 438. The molecule has 1 amide bonds. The van der Waals surface area contributed by atoms with Crippen LogP contribution < -0.4 is 0 Å². The van der Waals surface area contributed by atoms with Gasteiger partial charge in [0.1, 0.15) is 10.4 Å². The zero-order chi connectivity index (χ0) is 12.4. The van der Waals surface area contributed by atoms with Crippen LogP contribution in [0.3, 0.4) is 0 Å². The average Bonchev–Trinajstić information content (AvgIpc) is 2.78. The van der Waals surface area contributed by atoms with Crippen LogP contribution in [0.5, 0.6) is 0 Å². The highest BCUT2D eigenvalue weighted by Crippen LogP contribution is 2.17. The third-order valence-electron chi connectivity index (χ3n) is 2.79. The number of rotatable bonds is 2. The number of carbonyl (C=O) groups is 2. The lowest BCUT2D eigenvalue weighted by Crippen LogP contribution is -2.47. The third kappa shape index (κ3) is 2.45. The molecule has 1 aliphatic heterocycles. The minimum Gasteiger partial charge on any atom is -0.478 e. The van der Waals surface area contributed by atoms with Gasteiger partial charge in [0.15, 0.2) is 0 Å². The number of aromatic nitrogens is 1. The third-order valence-corrected chi connectivity index (χ3v) is 3.57. The number of amides is 1. The van der Waals surface area contributed by atoms with Crippen molar-refractivity contribution in [3.05, 3.63) is 16.6 Å². The molecular formula is C10H13N3O3S. The second kappa shape index (κ2) is 4.80. The number of hydrogen-bond donors (Lipinski definition) is 1. The Balaban J connectivity index is 2.14. The Morgan fingerprint density at radius 1 is 1.35 bits per heavy atom. The second-order valence-electron chi connectivity index (χ2n) is 3.97. The first-order chi connectivity index (χ1) is 8.09. The predicted molar refractivity (Wildman–Crippen MR) is 62.5 cm³/mol. The zero-order valence-corrected chi connectivity index (χ0v) is 10.2. The fraction of sp³-hybridized carbons (Fsp3) is 0.500. The van der Waals surface area contributed by atoms with Crippen LogP contribution in [-0.4, -0.2) is 64.4 Å². The summed E-state index contributed by atoms with van der Waals surface area (Å²) in [6.45, 7) is 2.89. The van der Waals surface area contributed by atoms with Crippen molar-refractivity contribution in [2.75, 3.05) is 33.2 Å². The molecule has 0 aliphatic carbocycles. The molecule has 1 saturated heterocycles. The van der Waals surface area contributed by atoms with Crippen molar-refractivity contribution in [2.24, 2.45) is 0 Å². The first kappa shape index (κ1) is 12.0. The Kier molecular flexibility index (Phi) is 3.39. The zero-order valence-electron chi connectivity index (χ0n) is 9.42. The fourth-order valence-corrected chi connectivity index (χ4v) is 2.41. The normalized spacial score (nSPS) is 17.1. The molecule has 1 aromatic rings. The maximum absolute atomic E-state index is 12.1. The van der Waals surface area contributed by atoms with Gasteiger partial charge in [0.25, 0.3) is 5.91 Å². The van der Waals surface area contributed by atoms with Gasteiger partial charge in [-0.1, -0.05) is 0 Å². The first-order valence-electron chi connectivity index (χ1n) is 5.25. The summed E-state index contributed by atoms with van der Waals surface area (Å²) in [6.07, 6.45) is 1.23. The van der Waals surface area contributed by atoms with Crippen LogP contribution >= 0.6 is 11.5 Å². The van der Waals surface area contributed by atoms with Crippen molar-refractivity contribution >= 4 is 23.4 Å². The summed E-state index contributed by atoms with van der Waals surface area (Å²) in [5.41, 5.74) is -0.000993. The van der Waals surface area contributed by atoms with Gasteiger partial charge < -0.3 is 14.9 Å². The Labute approximate surface area is 103 Å². The molecule has 2 heterocycles. The van der Waals surface area contributed by atoms with E-state index in [0.717, 1.165) is 24.6 Å². The summed E-state index contributed by atoms with van der Waals surface area (Å²) in [5, 5.41) is 8.93. The molecule has 1 N–H and O–H groups in total. The number of piperazine rings is 1. The van der Waals surface area contributed by atoms with E-state index in [0.29, 0.717) is 13.1 Å². The lowest BCUT2D eigenvalue weighted by atomic mass is 10.2. The minimum absolute atomic E-state index is 0.000993. The van der Waals surface area contributed by atoms with Gasteiger partial charge in [-0.05, 0) is 18.6 Å². The summed E-state index contributed by atoms with van der Waals surface area (Å²) in [5.74, 6) is -1.32. The summed E-state index contributed by atoms with van der Waals surface area (Å²) in [4.78, 5) is 27.1. The van der Waals surface area contributed by atoms with Crippen molar-refractivity contribution in [1.29, 1.82) is 0 Å². The van der Waals surface area contributed by atoms with E-state index in [1.165, 1.54) is 6.20 Å². The fourth-order valence-electron chi connectivity index (χ4n) is 1.70. The molecule has 92 valence electrons. The molecule has 0 saturated carbocycles. The van der Waals surface area contributed by atoms with E-state index in [2.05, 4.69) is 9.27 Å². The van der Waals surface area contributed by atoms with E-state index in [9.17, 15) is 9.59 Å². The van der Waals surface area contributed by atoms with Crippen LogP contribution in [-0.2, 0) is 0 Å². The van der Waals surface area contributed by atoms with E-state index in [4.69, 9.17) is 5.11 Å².